The first-order valence-corrected chi connectivity index (χ1v) is 12.4. The summed E-state index contributed by atoms with van der Waals surface area (Å²) in [6.45, 7) is 0.262. The standard InChI is InChI=1S/C29H30N2O5/c32-23-16-14-21(15-17-23)27(28(33)30-22-10-4-5-11-22)31(18-20-8-2-1-3-9-20)29(34)26-19-35-24-12-6-7-13-25(24)36-26/h1-3,6-9,12-17,22,26-27,32H,4-5,10-11,18-19H2,(H,30,33). The quantitative estimate of drug-likeness (QED) is 0.518. The first-order chi connectivity index (χ1) is 17.6. The third-order valence-electron chi connectivity index (χ3n) is 6.73. The topological polar surface area (TPSA) is 88.1 Å². The maximum atomic E-state index is 14.0. The molecule has 7 heteroatoms. The van der Waals surface area contributed by atoms with Gasteiger partial charge in [0.2, 0.25) is 12.0 Å². The monoisotopic (exact) mass is 486 g/mol. The summed E-state index contributed by atoms with van der Waals surface area (Å²) in [5.41, 5.74) is 1.50. The van der Waals surface area contributed by atoms with Crippen LogP contribution in [0.1, 0.15) is 42.9 Å². The van der Waals surface area contributed by atoms with E-state index < -0.39 is 12.1 Å². The van der Waals surface area contributed by atoms with E-state index in [1.807, 2.05) is 42.5 Å². The van der Waals surface area contributed by atoms with E-state index >= 15 is 0 Å². The van der Waals surface area contributed by atoms with Crippen molar-refractivity contribution in [1.82, 2.24) is 10.2 Å². The molecule has 2 N–H and O–H groups in total. The highest BCUT2D eigenvalue weighted by Crippen LogP contribution is 2.33. The Morgan fingerprint density at radius 2 is 1.58 bits per heavy atom. The molecule has 7 nitrogen and oxygen atoms in total. The van der Waals surface area contributed by atoms with Crippen LogP contribution < -0.4 is 14.8 Å². The molecule has 2 amide bonds. The van der Waals surface area contributed by atoms with Crippen LogP contribution in [0.2, 0.25) is 0 Å². The Balaban J connectivity index is 1.50. The number of phenolic OH excluding ortho intramolecular Hbond substituents is 1. The number of amides is 2. The minimum atomic E-state index is -0.903. The van der Waals surface area contributed by atoms with Gasteiger partial charge in [0.25, 0.3) is 5.91 Å². The summed E-state index contributed by atoms with van der Waals surface area (Å²) in [6.07, 6.45) is 3.11. The molecule has 5 rings (SSSR count). The molecular formula is C29H30N2O5. The highest BCUT2D eigenvalue weighted by molar-refractivity contribution is 5.91. The van der Waals surface area contributed by atoms with Crippen LogP contribution in [-0.2, 0) is 16.1 Å². The number of carbonyl (C=O) groups excluding carboxylic acids is 2. The zero-order valence-corrected chi connectivity index (χ0v) is 20.0. The minimum Gasteiger partial charge on any atom is -0.508 e. The molecule has 2 aliphatic rings. The lowest BCUT2D eigenvalue weighted by Crippen LogP contribution is -2.51. The number of ether oxygens (including phenoxy) is 2. The number of carbonyl (C=O) groups is 2. The molecule has 0 spiro atoms. The van der Waals surface area contributed by atoms with E-state index in [9.17, 15) is 14.7 Å². The maximum absolute atomic E-state index is 14.0. The third kappa shape index (κ3) is 5.30. The molecule has 2 unspecified atom stereocenters. The molecule has 2 atom stereocenters. The number of para-hydroxylation sites is 2. The van der Waals surface area contributed by atoms with E-state index in [2.05, 4.69) is 5.32 Å². The fraction of sp³-hybridized carbons (Fsp3) is 0.310. The Kier molecular flexibility index (Phi) is 7.07. The Bertz CT molecular complexity index is 1190. The number of hydrogen-bond donors (Lipinski definition) is 2. The summed E-state index contributed by atoms with van der Waals surface area (Å²) in [5, 5.41) is 13.0. The molecule has 186 valence electrons. The fourth-order valence-electron chi connectivity index (χ4n) is 4.88. The molecule has 36 heavy (non-hydrogen) atoms. The van der Waals surface area contributed by atoms with Crippen LogP contribution in [0.15, 0.2) is 78.9 Å². The summed E-state index contributed by atoms with van der Waals surface area (Å²) in [6, 6.07) is 22.4. The number of nitrogens with one attached hydrogen (secondary N) is 1. The molecule has 3 aromatic carbocycles. The first kappa shape index (κ1) is 23.7. The number of benzene rings is 3. The predicted octanol–water partition coefficient (Wildman–Crippen LogP) is 4.36. The molecule has 0 saturated heterocycles. The normalized spacial score (nSPS) is 17.8. The second-order valence-corrected chi connectivity index (χ2v) is 9.30. The van der Waals surface area contributed by atoms with Gasteiger partial charge < -0.3 is 24.8 Å². The van der Waals surface area contributed by atoms with Crippen molar-refractivity contribution in [3.63, 3.8) is 0 Å². The van der Waals surface area contributed by atoms with Crippen molar-refractivity contribution in [2.75, 3.05) is 6.61 Å². The van der Waals surface area contributed by atoms with Gasteiger partial charge >= 0.3 is 0 Å². The Labute approximate surface area is 210 Å². The van der Waals surface area contributed by atoms with Crippen LogP contribution in [0.3, 0.4) is 0 Å². The second-order valence-electron chi connectivity index (χ2n) is 9.30. The number of aromatic hydroxyl groups is 1. The first-order valence-electron chi connectivity index (χ1n) is 12.4. The van der Waals surface area contributed by atoms with Gasteiger partial charge in [-0.05, 0) is 48.2 Å². The zero-order valence-electron chi connectivity index (χ0n) is 20.0. The lowest BCUT2D eigenvalue weighted by molar-refractivity contribution is -0.149. The molecule has 3 aromatic rings. The average Bonchev–Trinajstić information content (AvgIpc) is 3.42. The number of fused-ring (bicyclic) bond motifs is 1. The fourth-order valence-corrected chi connectivity index (χ4v) is 4.88. The minimum absolute atomic E-state index is 0.0493. The summed E-state index contributed by atoms with van der Waals surface area (Å²) >= 11 is 0. The van der Waals surface area contributed by atoms with Crippen LogP contribution in [0.5, 0.6) is 17.2 Å². The highest BCUT2D eigenvalue weighted by atomic mass is 16.6. The van der Waals surface area contributed by atoms with E-state index in [4.69, 9.17) is 9.47 Å². The van der Waals surface area contributed by atoms with Gasteiger partial charge in [0.15, 0.2) is 11.5 Å². The molecule has 1 aliphatic carbocycles. The van der Waals surface area contributed by atoms with Gasteiger partial charge in [-0.3, -0.25) is 9.59 Å². The number of rotatable bonds is 7. The summed E-state index contributed by atoms with van der Waals surface area (Å²) < 4.78 is 11.9. The van der Waals surface area contributed by atoms with Crippen LogP contribution >= 0.6 is 0 Å². The molecule has 1 heterocycles. The summed E-state index contributed by atoms with van der Waals surface area (Å²) in [4.78, 5) is 29.4. The van der Waals surface area contributed by atoms with Gasteiger partial charge in [0, 0.05) is 12.6 Å². The van der Waals surface area contributed by atoms with Crippen LogP contribution in [0.25, 0.3) is 0 Å². The molecule has 0 bridgehead atoms. The molecule has 1 saturated carbocycles. The SMILES string of the molecule is O=C(NC1CCCC1)C(c1ccc(O)cc1)N(Cc1ccccc1)C(=O)C1COc2ccccc2O1. The van der Waals surface area contributed by atoms with E-state index in [-0.39, 0.29) is 36.8 Å². The van der Waals surface area contributed by atoms with Gasteiger partial charge in [-0.2, -0.15) is 0 Å². The van der Waals surface area contributed by atoms with Crippen LogP contribution in [0.4, 0.5) is 0 Å². The summed E-state index contributed by atoms with van der Waals surface area (Å²) in [7, 11) is 0. The average molecular weight is 487 g/mol. The largest absolute Gasteiger partial charge is 0.508 e. The second kappa shape index (κ2) is 10.7. The lowest BCUT2D eigenvalue weighted by atomic mass is 10.0. The molecule has 0 radical (unpaired) electrons. The molecular weight excluding hydrogens is 456 g/mol. The van der Waals surface area contributed by atoms with Gasteiger partial charge in [-0.1, -0.05) is 67.4 Å². The van der Waals surface area contributed by atoms with Gasteiger partial charge in [0.05, 0.1) is 0 Å². The summed E-state index contributed by atoms with van der Waals surface area (Å²) in [5.74, 6) is 0.598. The smallest absolute Gasteiger partial charge is 0.268 e. The molecule has 0 aromatic heterocycles. The highest BCUT2D eigenvalue weighted by Gasteiger charge is 2.38. The van der Waals surface area contributed by atoms with Gasteiger partial charge in [0.1, 0.15) is 18.4 Å². The van der Waals surface area contributed by atoms with Crippen molar-refractivity contribution >= 4 is 11.8 Å². The van der Waals surface area contributed by atoms with E-state index in [0.29, 0.717) is 17.1 Å². The van der Waals surface area contributed by atoms with Gasteiger partial charge in [-0.15, -0.1) is 0 Å². The Morgan fingerprint density at radius 1 is 0.917 bits per heavy atom. The maximum Gasteiger partial charge on any atom is 0.268 e. The van der Waals surface area contributed by atoms with E-state index in [0.717, 1.165) is 31.2 Å². The zero-order chi connectivity index (χ0) is 24.9. The van der Waals surface area contributed by atoms with Crippen molar-refractivity contribution in [2.24, 2.45) is 0 Å². The lowest BCUT2D eigenvalue weighted by Gasteiger charge is -2.36. The number of phenols is 1. The van der Waals surface area contributed by atoms with Crippen molar-refractivity contribution in [3.05, 3.63) is 90.0 Å². The predicted molar refractivity (Wildman–Crippen MR) is 135 cm³/mol. The third-order valence-corrected chi connectivity index (χ3v) is 6.73. The van der Waals surface area contributed by atoms with Crippen LogP contribution in [0, 0.1) is 0 Å². The van der Waals surface area contributed by atoms with Crippen LogP contribution in [-0.4, -0.2) is 40.6 Å². The number of nitrogens with zero attached hydrogens (tertiary/aromatic N) is 1. The van der Waals surface area contributed by atoms with E-state index in [1.165, 1.54) is 12.1 Å². The Hall–Kier alpha value is -4.00. The van der Waals surface area contributed by atoms with Gasteiger partial charge in [-0.25, -0.2) is 0 Å². The van der Waals surface area contributed by atoms with Crippen molar-refractivity contribution in [2.45, 2.75) is 50.4 Å². The van der Waals surface area contributed by atoms with Crippen molar-refractivity contribution in [3.8, 4) is 17.2 Å². The van der Waals surface area contributed by atoms with E-state index in [1.54, 1.807) is 29.2 Å². The van der Waals surface area contributed by atoms with Crippen molar-refractivity contribution in [1.29, 1.82) is 0 Å². The molecule has 1 aliphatic heterocycles. The van der Waals surface area contributed by atoms with Crippen molar-refractivity contribution < 1.29 is 24.2 Å². The molecule has 1 fully saturated rings. The number of hydrogen-bond acceptors (Lipinski definition) is 5. The Morgan fingerprint density at radius 3 is 2.31 bits per heavy atom.